The molecule has 4 N–H and O–H groups in total. The molecule has 0 aliphatic carbocycles. The number of carbonyl (C=O) groups excluding carboxylic acids is 2. The molecule has 37 heavy (non-hydrogen) atoms. The molecule has 2 aromatic rings. The van der Waals surface area contributed by atoms with E-state index in [4.69, 9.17) is 9.47 Å². The van der Waals surface area contributed by atoms with Crippen LogP contribution in [0.15, 0.2) is 48.5 Å². The van der Waals surface area contributed by atoms with Crippen LogP contribution in [0.5, 0.6) is 5.75 Å². The molecule has 3 aliphatic rings. The lowest BCUT2D eigenvalue weighted by atomic mass is 9.84. The minimum absolute atomic E-state index is 0.0361. The number of ether oxygens (including phenoxy) is 2. The second-order valence-corrected chi connectivity index (χ2v) is 10.1. The first kappa shape index (κ1) is 25.5. The Morgan fingerprint density at radius 3 is 2.57 bits per heavy atom. The minimum Gasteiger partial charge on any atom is -0.487 e. The number of rotatable bonds is 8. The Bertz CT molecular complexity index is 1080. The highest BCUT2D eigenvalue weighted by Crippen LogP contribution is 2.47. The average molecular weight is 509 g/mol. The minimum atomic E-state index is -0.518. The maximum Gasteiger partial charge on any atom is 0.323 e. The van der Waals surface area contributed by atoms with Gasteiger partial charge in [-0.2, -0.15) is 0 Å². The molecule has 0 spiro atoms. The zero-order valence-electron chi connectivity index (χ0n) is 21.0. The van der Waals surface area contributed by atoms with E-state index in [0.29, 0.717) is 24.3 Å². The van der Waals surface area contributed by atoms with E-state index in [0.717, 1.165) is 30.9 Å². The molecule has 2 saturated heterocycles. The van der Waals surface area contributed by atoms with Gasteiger partial charge in [-0.05, 0) is 62.7 Å². The molecule has 9 heteroatoms. The Balaban J connectivity index is 1.18. The number of aliphatic hydroxyl groups excluding tert-OH is 1. The Morgan fingerprint density at radius 2 is 1.78 bits per heavy atom. The SMILES string of the molecule is O=C(C[C@@H]1C[C@H]2c3cc(NC(=O)Nc4ccccc4)ccc3O[C@H]2[C@H](CO)O1)NCCN1CCCCC1. The summed E-state index contributed by atoms with van der Waals surface area (Å²) in [6.45, 7) is 3.52. The van der Waals surface area contributed by atoms with Crippen molar-refractivity contribution in [1.29, 1.82) is 0 Å². The molecule has 0 bridgehead atoms. The summed E-state index contributed by atoms with van der Waals surface area (Å²) < 4.78 is 12.2. The third-order valence-corrected chi connectivity index (χ3v) is 7.40. The standard InChI is InChI=1S/C28H36N4O5/c33-18-25-27-23(16-21(36-25)17-26(34)29-11-14-32-12-5-2-6-13-32)22-15-20(9-10-24(22)37-27)31-28(35)30-19-7-3-1-4-8-19/h1,3-4,7-10,15,21,23,25,27,33H,2,5-6,11-14,16-18H2,(H,29,34)(H2,30,31,35)/t21-,23-,25-,27+/m0/s1. The van der Waals surface area contributed by atoms with Crippen molar-refractivity contribution in [2.75, 3.05) is 43.4 Å². The fourth-order valence-electron chi connectivity index (χ4n) is 5.60. The number of urea groups is 1. The van der Waals surface area contributed by atoms with E-state index in [1.54, 1.807) is 6.07 Å². The predicted molar refractivity (Wildman–Crippen MR) is 141 cm³/mol. The van der Waals surface area contributed by atoms with Crippen LogP contribution in [0.2, 0.25) is 0 Å². The number of amides is 3. The first-order valence-electron chi connectivity index (χ1n) is 13.3. The summed E-state index contributed by atoms with van der Waals surface area (Å²) in [5.74, 6) is 0.646. The molecule has 0 radical (unpaired) electrons. The lowest BCUT2D eigenvalue weighted by Gasteiger charge is -2.37. The van der Waals surface area contributed by atoms with Crippen molar-refractivity contribution >= 4 is 23.3 Å². The van der Waals surface area contributed by atoms with Gasteiger partial charge in [-0.3, -0.25) is 4.79 Å². The van der Waals surface area contributed by atoms with Gasteiger partial charge in [-0.15, -0.1) is 0 Å². The normalized spacial score (nSPS) is 24.9. The van der Waals surface area contributed by atoms with Gasteiger partial charge in [0.1, 0.15) is 18.0 Å². The van der Waals surface area contributed by atoms with Gasteiger partial charge in [0.15, 0.2) is 0 Å². The first-order chi connectivity index (χ1) is 18.1. The molecule has 0 unspecified atom stereocenters. The van der Waals surface area contributed by atoms with E-state index in [9.17, 15) is 14.7 Å². The van der Waals surface area contributed by atoms with E-state index < -0.39 is 6.10 Å². The predicted octanol–water partition coefficient (Wildman–Crippen LogP) is 3.32. The molecular weight excluding hydrogens is 472 g/mol. The van der Waals surface area contributed by atoms with Crippen molar-refractivity contribution in [2.24, 2.45) is 0 Å². The van der Waals surface area contributed by atoms with Crippen LogP contribution in [0, 0.1) is 0 Å². The number of anilines is 2. The van der Waals surface area contributed by atoms with Crippen LogP contribution in [0.3, 0.4) is 0 Å². The van der Waals surface area contributed by atoms with Crippen LogP contribution in [0.25, 0.3) is 0 Å². The number of aliphatic hydroxyl groups is 1. The largest absolute Gasteiger partial charge is 0.487 e. The number of nitrogens with one attached hydrogen (secondary N) is 3. The summed E-state index contributed by atoms with van der Waals surface area (Å²) in [7, 11) is 0. The average Bonchev–Trinajstić information content (AvgIpc) is 3.27. The first-order valence-corrected chi connectivity index (χ1v) is 13.3. The van der Waals surface area contributed by atoms with Crippen molar-refractivity contribution in [3.63, 3.8) is 0 Å². The van der Waals surface area contributed by atoms with Gasteiger partial charge in [-0.1, -0.05) is 24.6 Å². The number of para-hydroxylation sites is 1. The van der Waals surface area contributed by atoms with Gasteiger partial charge in [0, 0.05) is 35.9 Å². The number of benzene rings is 2. The number of fused-ring (bicyclic) bond motifs is 3. The summed E-state index contributed by atoms with van der Waals surface area (Å²) in [6, 6.07) is 14.5. The van der Waals surface area contributed by atoms with Gasteiger partial charge in [0.05, 0.1) is 19.1 Å². The highest BCUT2D eigenvalue weighted by Gasteiger charge is 2.46. The van der Waals surface area contributed by atoms with Gasteiger partial charge in [0.25, 0.3) is 0 Å². The van der Waals surface area contributed by atoms with E-state index in [1.165, 1.54) is 19.3 Å². The maximum atomic E-state index is 12.7. The van der Waals surface area contributed by atoms with Crippen molar-refractivity contribution in [1.82, 2.24) is 10.2 Å². The molecule has 198 valence electrons. The summed E-state index contributed by atoms with van der Waals surface area (Å²) in [4.78, 5) is 27.5. The van der Waals surface area contributed by atoms with Crippen LogP contribution >= 0.6 is 0 Å². The van der Waals surface area contributed by atoms with Gasteiger partial charge >= 0.3 is 6.03 Å². The molecule has 0 saturated carbocycles. The number of piperidine rings is 1. The van der Waals surface area contributed by atoms with E-state index in [2.05, 4.69) is 20.9 Å². The highest BCUT2D eigenvalue weighted by atomic mass is 16.6. The monoisotopic (exact) mass is 508 g/mol. The van der Waals surface area contributed by atoms with Gasteiger partial charge in [0.2, 0.25) is 5.91 Å². The Hall–Kier alpha value is -3.14. The highest BCUT2D eigenvalue weighted by molar-refractivity contribution is 5.99. The zero-order valence-corrected chi connectivity index (χ0v) is 21.0. The summed E-state index contributed by atoms with van der Waals surface area (Å²) >= 11 is 0. The molecule has 4 atom stereocenters. The molecular formula is C28H36N4O5. The smallest absolute Gasteiger partial charge is 0.323 e. The molecule has 9 nitrogen and oxygen atoms in total. The quantitative estimate of drug-likeness (QED) is 0.435. The number of carbonyl (C=O) groups is 2. The number of likely N-dealkylation sites (tertiary alicyclic amines) is 1. The molecule has 5 rings (SSSR count). The summed E-state index contributed by atoms with van der Waals surface area (Å²) in [5.41, 5.74) is 2.31. The third-order valence-electron chi connectivity index (χ3n) is 7.40. The zero-order chi connectivity index (χ0) is 25.6. The van der Waals surface area contributed by atoms with Gasteiger partial charge < -0.3 is 35.4 Å². The number of hydrogen-bond donors (Lipinski definition) is 4. The van der Waals surface area contributed by atoms with Crippen LogP contribution in [-0.2, 0) is 9.53 Å². The third kappa shape index (κ3) is 6.41. The van der Waals surface area contributed by atoms with Crippen molar-refractivity contribution in [2.45, 2.75) is 56.3 Å². The Labute approximate surface area is 217 Å². The second-order valence-electron chi connectivity index (χ2n) is 10.1. The fraction of sp³-hybridized carbons (Fsp3) is 0.500. The van der Waals surface area contributed by atoms with Crippen LogP contribution in [-0.4, -0.2) is 73.0 Å². The Kier molecular flexibility index (Phi) is 8.23. The summed E-state index contributed by atoms with van der Waals surface area (Å²) in [5, 5.41) is 18.7. The van der Waals surface area contributed by atoms with Crippen LogP contribution in [0.4, 0.5) is 16.2 Å². The summed E-state index contributed by atoms with van der Waals surface area (Å²) in [6.07, 6.45) is 3.44. The molecule has 3 aliphatic heterocycles. The van der Waals surface area contributed by atoms with E-state index >= 15 is 0 Å². The number of nitrogens with zero attached hydrogens (tertiary/aromatic N) is 1. The molecule has 2 aromatic carbocycles. The molecule has 2 fully saturated rings. The molecule has 0 aromatic heterocycles. The number of hydrogen-bond acceptors (Lipinski definition) is 6. The maximum absolute atomic E-state index is 12.7. The molecule has 3 heterocycles. The van der Waals surface area contributed by atoms with E-state index in [1.807, 2.05) is 42.5 Å². The van der Waals surface area contributed by atoms with Crippen LogP contribution < -0.4 is 20.7 Å². The molecule has 3 amide bonds. The van der Waals surface area contributed by atoms with Crippen molar-refractivity contribution in [3.05, 3.63) is 54.1 Å². The van der Waals surface area contributed by atoms with Crippen molar-refractivity contribution in [3.8, 4) is 5.75 Å². The Morgan fingerprint density at radius 1 is 1.00 bits per heavy atom. The van der Waals surface area contributed by atoms with Crippen molar-refractivity contribution < 1.29 is 24.2 Å². The lowest BCUT2D eigenvalue weighted by Crippen LogP contribution is -2.47. The topological polar surface area (TPSA) is 112 Å². The second kappa shape index (κ2) is 11.9. The van der Waals surface area contributed by atoms with Crippen LogP contribution in [0.1, 0.15) is 43.6 Å². The van der Waals surface area contributed by atoms with E-state index in [-0.39, 0.29) is 43.1 Å². The lowest BCUT2D eigenvalue weighted by molar-refractivity contribution is -0.142. The fourth-order valence-corrected chi connectivity index (χ4v) is 5.60. The van der Waals surface area contributed by atoms with Gasteiger partial charge in [-0.25, -0.2) is 4.79 Å².